The number of methoxy groups -OCH3 is 1. The number of esters is 1. The Balaban J connectivity index is 2.16. The van der Waals surface area contributed by atoms with Crippen molar-refractivity contribution in [1.29, 1.82) is 0 Å². The minimum atomic E-state index is -0.494. The Bertz CT molecular complexity index is 1060. The van der Waals surface area contributed by atoms with Crippen molar-refractivity contribution < 1.29 is 14.3 Å². The lowest BCUT2D eigenvalue weighted by atomic mass is 10.0. The van der Waals surface area contributed by atoms with Gasteiger partial charge in [-0.1, -0.05) is 22.0 Å². The van der Waals surface area contributed by atoms with E-state index in [-0.39, 0.29) is 11.9 Å². The molecule has 0 atom stereocenters. The number of ether oxygens (including phenoxy) is 1. The maximum atomic E-state index is 13.1. The van der Waals surface area contributed by atoms with Crippen LogP contribution < -0.4 is 0 Å². The van der Waals surface area contributed by atoms with Gasteiger partial charge in [-0.15, -0.1) is 0 Å². The minimum Gasteiger partial charge on any atom is -0.465 e. The number of carbonyl (C=O) groups is 2. The second kappa shape index (κ2) is 8.03. The zero-order valence-electron chi connectivity index (χ0n) is 17.5. The molecule has 6 heteroatoms. The number of hydrogen-bond acceptors (Lipinski definition) is 3. The number of nitrogens with zero attached hydrogens (tertiary/aromatic N) is 2. The molecule has 0 saturated heterocycles. The first kappa shape index (κ1) is 21.1. The van der Waals surface area contributed by atoms with E-state index in [4.69, 9.17) is 4.74 Å². The highest BCUT2D eigenvalue weighted by Gasteiger charge is 2.38. The van der Waals surface area contributed by atoms with Gasteiger partial charge in [0.05, 0.1) is 18.3 Å². The summed E-state index contributed by atoms with van der Waals surface area (Å²) >= 11 is 3.52. The van der Waals surface area contributed by atoms with Crippen LogP contribution in [-0.4, -0.2) is 34.5 Å². The zero-order chi connectivity index (χ0) is 21.5. The number of carbonyl (C=O) groups excluding carboxylic acids is 2. The molecule has 1 aliphatic rings. The number of hydrogen-bond donors (Lipinski definition) is 0. The first-order valence-electron chi connectivity index (χ1n) is 9.47. The van der Waals surface area contributed by atoms with E-state index in [0.29, 0.717) is 16.8 Å². The lowest BCUT2D eigenvalue weighted by Crippen LogP contribution is -2.31. The highest BCUT2D eigenvalue weighted by molar-refractivity contribution is 9.10. The van der Waals surface area contributed by atoms with E-state index in [9.17, 15) is 9.59 Å². The van der Waals surface area contributed by atoms with Crippen LogP contribution in [0.4, 0.5) is 0 Å². The van der Waals surface area contributed by atoms with E-state index in [1.807, 2.05) is 58.0 Å². The fraction of sp³-hybridized carbons (Fsp3) is 0.304. The molecule has 2 heterocycles. The molecule has 152 valence electrons. The summed E-state index contributed by atoms with van der Waals surface area (Å²) in [4.78, 5) is 27.2. The van der Waals surface area contributed by atoms with Crippen LogP contribution in [0.2, 0.25) is 0 Å². The van der Waals surface area contributed by atoms with Crippen molar-refractivity contribution in [1.82, 2.24) is 9.47 Å². The van der Waals surface area contributed by atoms with E-state index in [1.165, 1.54) is 7.11 Å². The van der Waals surface area contributed by atoms with E-state index in [0.717, 1.165) is 27.1 Å². The average Bonchev–Trinajstić information content (AvgIpc) is 3.07. The summed E-state index contributed by atoms with van der Waals surface area (Å²) in [6.45, 7) is 9.68. The molecule has 29 heavy (non-hydrogen) atoms. The molecule has 5 nitrogen and oxygen atoms in total. The highest BCUT2D eigenvalue weighted by atomic mass is 79.9. The number of aromatic nitrogens is 1. The first-order chi connectivity index (χ1) is 13.7. The van der Waals surface area contributed by atoms with Gasteiger partial charge in [-0.3, -0.25) is 4.79 Å². The summed E-state index contributed by atoms with van der Waals surface area (Å²) in [6, 6.07) is 10.0. The molecule has 0 fully saturated rings. The lowest BCUT2D eigenvalue weighted by Gasteiger charge is -2.22. The molecule has 3 rings (SSSR count). The smallest absolute Gasteiger partial charge is 0.340 e. The molecule has 0 aliphatic carbocycles. The quantitative estimate of drug-likeness (QED) is 0.483. The number of allylic oxidation sites excluding steroid dienone is 1. The molecule has 0 radical (unpaired) electrons. The number of halogens is 1. The largest absolute Gasteiger partial charge is 0.465 e. The Morgan fingerprint density at radius 3 is 2.45 bits per heavy atom. The van der Waals surface area contributed by atoms with Crippen molar-refractivity contribution in [2.45, 2.75) is 40.7 Å². The fourth-order valence-electron chi connectivity index (χ4n) is 3.92. The Hall–Kier alpha value is -2.60. The van der Waals surface area contributed by atoms with Crippen molar-refractivity contribution >= 4 is 33.9 Å². The van der Waals surface area contributed by atoms with Gasteiger partial charge in [0.1, 0.15) is 0 Å². The van der Waals surface area contributed by atoms with Crippen LogP contribution in [0.1, 0.15) is 37.7 Å². The molecule has 1 amide bonds. The van der Waals surface area contributed by atoms with E-state index < -0.39 is 5.97 Å². The zero-order valence-corrected chi connectivity index (χ0v) is 19.1. The Kier molecular flexibility index (Phi) is 5.85. The SMILES string of the molecule is COC(=O)C1=C(C)N(C(C)C)C(=O)/C1=C\c1cc(C)n(-c2cccc(Br)c2)c1C. The topological polar surface area (TPSA) is 51.5 Å². The summed E-state index contributed by atoms with van der Waals surface area (Å²) in [6.07, 6.45) is 1.80. The molecule has 0 saturated carbocycles. The molecular formula is C23H25BrN2O3. The first-order valence-corrected chi connectivity index (χ1v) is 10.3. The van der Waals surface area contributed by atoms with Gasteiger partial charge in [-0.2, -0.15) is 0 Å². The van der Waals surface area contributed by atoms with Gasteiger partial charge in [-0.05, 0) is 70.5 Å². The summed E-state index contributed by atoms with van der Waals surface area (Å²) < 4.78 is 8.09. The average molecular weight is 457 g/mol. The summed E-state index contributed by atoms with van der Waals surface area (Å²) in [5.41, 5.74) is 5.29. The third-order valence-corrected chi connectivity index (χ3v) is 5.68. The van der Waals surface area contributed by atoms with Crippen molar-refractivity contribution in [3.05, 3.63) is 68.6 Å². The third-order valence-electron chi connectivity index (χ3n) is 5.18. The summed E-state index contributed by atoms with van der Waals surface area (Å²) in [7, 11) is 1.34. The highest BCUT2D eigenvalue weighted by Crippen LogP contribution is 2.34. The van der Waals surface area contributed by atoms with E-state index in [1.54, 1.807) is 17.9 Å². The van der Waals surface area contributed by atoms with Crippen molar-refractivity contribution in [3.63, 3.8) is 0 Å². The van der Waals surface area contributed by atoms with Crippen LogP contribution in [0.15, 0.2) is 51.6 Å². The van der Waals surface area contributed by atoms with Crippen LogP contribution in [-0.2, 0) is 14.3 Å². The van der Waals surface area contributed by atoms with Gasteiger partial charge in [-0.25, -0.2) is 4.79 Å². The number of benzene rings is 1. The monoisotopic (exact) mass is 456 g/mol. The van der Waals surface area contributed by atoms with Crippen LogP contribution in [0.25, 0.3) is 11.8 Å². The van der Waals surface area contributed by atoms with Gasteiger partial charge >= 0.3 is 5.97 Å². The fourth-order valence-corrected chi connectivity index (χ4v) is 4.31. The minimum absolute atomic E-state index is 0.0536. The van der Waals surface area contributed by atoms with E-state index in [2.05, 4.69) is 20.5 Å². The number of rotatable bonds is 4. The molecule has 1 aliphatic heterocycles. The van der Waals surface area contributed by atoms with Crippen LogP contribution >= 0.6 is 15.9 Å². The normalized spacial score (nSPS) is 15.8. The molecule has 1 aromatic heterocycles. The summed E-state index contributed by atoms with van der Waals surface area (Å²) in [5.74, 6) is -0.670. The molecule has 0 unspecified atom stereocenters. The Labute approximate surface area is 179 Å². The third kappa shape index (κ3) is 3.69. The summed E-state index contributed by atoms with van der Waals surface area (Å²) in [5, 5.41) is 0. The molecule has 0 spiro atoms. The van der Waals surface area contributed by atoms with Crippen molar-refractivity contribution in [2.24, 2.45) is 0 Å². The maximum absolute atomic E-state index is 13.1. The molecule has 2 aromatic rings. The Morgan fingerprint density at radius 2 is 1.86 bits per heavy atom. The maximum Gasteiger partial charge on any atom is 0.340 e. The second-order valence-corrected chi connectivity index (χ2v) is 8.34. The van der Waals surface area contributed by atoms with Crippen molar-refractivity contribution in [2.75, 3.05) is 7.11 Å². The molecule has 0 N–H and O–H groups in total. The van der Waals surface area contributed by atoms with Crippen LogP contribution in [0.3, 0.4) is 0 Å². The molecule has 1 aromatic carbocycles. The number of amides is 1. The van der Waals surface area contributed by atoms with Gasteiger partial charge in [0, 0.05) is 33.3 Å². The number of aryl methyl sites for hydroxylation is 1. The lowest BCUT2D eigenvalue weighted by molar-refractivity contribution is -0.136. The second-order valence-electron chi connectivity index (χ2n) is 7.42. The van der Waals surface area contributed by atoms with Gasteiger partial charge in [0.15, 0.2) is 0 Å². The predicted molar refractivity (Wildman–Crippen MR) is 118 cm³/mol. The predicted octanol–water partition coefficient (Wildman–Crippen LogP) is 4.94. The van der Waals surface area contributed by atoms with Crippen LogP contribution in [0.5, 0.6) is 0 Å². The van der Waals surface area contributed by atoms with Crippen LogP contribution in [0, 0.1) is 13.8 Å². The Morgan fingerprint density at radius 1 is 1.17 bits per heavy atom. The van der Waals surface area contributed by atoms with Crippen molar-refractivity contribution in [3.8, 4) is 5.69 Å². The van der Waals surface area contributed by atoms with E-state index >= 15 is 0 Å². The van der Waals surface area contributed by atoms with Gasteiger partial charge < -0.3 is 14.2 Å². The van der Waals surface area contributed by atoms with Gasteiger partial charge in [0.25, 0.3) is 5.91 Å². The van der Waals surface area contributed by atoms with Gasteiger partial charge in [0.2, 0.25) is 0 Å². The standard InChI is InChI=1S/C23H25BrN2O3/c1-13(2)25-16(5)21(23(28)29-6)20(22(25)27)11-17-10-14(3)26(15(17)4)19-9-7-8-18(24)12-19/h7-13H,1-6H3/b20-11-. The molecule has 0 bridgehead atoms. The molecular weight excluding hydrogens is 432 g/mol.